The molecule has 0 heterocycles. The molecule has 1 nitrogen and oxygen atoms in total. The molecular formula is C15H21Cl2N. The van der Waals surface area contributed by atoms with Crippen molar-refractivity contribution < 1.29 is 0 Å². The third-order valence-corrected chi connectivity index (χ3v) is 4.85. The smallest absolute Gasteiger partial charge is 0.0459 e. The summed E-state index contributed by atoms with van der Waals surface area (Å²) in [5.74, 6) is 0.681. The molecule has 2 rings (SSSR count). The minimum absolute atomic E-state index is 0.205. The lowest BCUT2D eigenvalue weighted by atomic mass is 9.57. The summed E-state index contributed by atoms with van der Waals surface area (Å²) >= 11 is 12.4. The zero-order chi connectivity index (χ0) is 13.2. The van der Waals surface area contributed by atoms with Crippen LogP contribution in [0.3, 0.4) is 0 Å². The Hall–Kier alpha value is -0.240. The molecule has 0 radical (unpaired) electrons. The van der Waals surface area contributed by atoms with E-state index in [2.05, 4.69) is 25.2 Å². The zero-order valence-corrected chi connectivity index (χ0v) is 12.6. The van der Waals surface area contributed by atoms with Gasteiger partial charge in [-0.25, -0.2) is 0 Å². The highest BCUT2D eigenvalue weighted by atomic mass is 35.5. The second-order valence-electron chi connectivity index (χ2n) is 5.40. The molecule has 0 aliphatic heterocycles. The van der Waals surface area contributed by atoms with Crippen LogP contribution in [0.5, 0.6) is 0 Å². The van der Waals surface area contributed by atoms with E-state index in [4.69, 9.17) is 23.2 Å². The van der Waals surface area contributed by atoms with Gasteiger partial charge in [0.05, 0.1) is 0 Å². The van der Waals surface area contributed by atoms with Crippen LogP contribution in [0.25, 0.3) is 0 Å². The van der Waals surface area contributed by atoms with Crippen molar-refractivity contribution >= 4 is 23.2 Å². The number of benzene rings is 1. The predicted octanol–water partition coefficient (Wildman–Crippen LogP) is 4.66. The number of hydrogen-bond donors (Lipinski definition) is 1. The van der Waals surface area contributed by atoms with Gasteiger partial charge in [-0.1, -0.05) is 43.1 Å². The maximum atomic E-state index is 6.39. The van der Waals surface area contributed by atoms with Gasteiger partial charge in [0.1, 0.15) is 0 Å². The molecule has 0 saturated heterocycles. The normalized spacial score (nSPS) is 27.0. The van der Waals surface area contributed by atoms with Gasteiger partial charge >= 0.3 is 0 Å². The Labute approximate surface area is 120 Å². The average Bonchev–Trinajstić information content (AvgIpc) is 2.34. The molecule has 0 bridgehead atoms. The molecule has 3 heteroatoms. The fraction of sp³-hybridized carbons (Fsp3) is 0.600. The van der Waals surface area contributed by atoms with Crippen molar-refractivity contribution in [3.8, 4) is 0 Å². The molecule has 1 saturated carbocycles. The summed E-state index contributed by atoms with van der Waals surface area (Å²) < 4.78 is 0. The van der Waals surface area contributed by atoms with E-state index in [1.807, 2.05) is 12.1 Å². The van der Waals surface area contributed by atoms with E-state index in [9.17, 15) is 0 Å². The van der Waals surface area contributed by atoms with Gasteiger partial charge < -0.3 is 5.32 Å². The van der Waals surface area contributed by atoms with Crippen LogP contribution in [-0.4, -0.2) is 13.1 Å². The van der Waals surface area contributed by atoms with Crippen LogP contribution in [0.4, 0.5) is 0 Å². The van der Waals surface area contributed by atoms with Crippen LogP contribution in [0, 0.1) is 5.92 Å². The van der Waals surface area contributed by atoms with E-state index >= 15 is 0 Å². The summed E-state index contributed by atoms with van der Waals surface area (Å²) in [4.78, 5) is 0. The first-order chi connectivity index (χ1) is 8.60. The lowest BCUT2D eigenvalue weighted by molar-refractivity contribution is 0.134. The molecule has 1 aromatic rings. The lowest BCUT2D eigenvalue weighted by Gasteiger charge is -2.49. The molecule has 1 aromatic carbocycles. The van der Waals surface area contributed by atoms with Crippen LogP contribution in [-0.2, 0) is 5.41 Å². The maximum absolute atomic E-state index is 6.39. The van der Waals surface area contributed by atoms with Crippen molar-refractivity contribution in [3.05, 3.63) is 33.8 Å². The Morgan fingerprint density at radius 1 is 1.39 bits per heavy atom. The van der Waals surface area contributed by atoms with Crippen LogP contribution < -0.4 is 5.32 Å². The van der Waals surface area contributed by atoms with Gasteiger partial charge in [-0.15, -0.1) is 0 Å². The van der Waals surface area contributed by atoms with Gasteiger partial charge in [0.15, 0.2) is 0 Å². The molecule has 100 valence electrons. The second-order valence-corrected chi connectivity index (χ2v) is 6.24. The summed E-state index contributed by atoms with van der Waals surface area (Å²) in [5.41, 5.74) is 1.47. The van der Waals surface area contributed by atoms with Gasteiger partial charge in [-0.05, 0) is 49.4 Å². The van der Waals surface area contributed by atoms with Gasteiger partial charge in [0, 0.05) is 22.0 Å². The molecule has 18 heavy (non-hydrogen) atoms. The van der Waals surface area contributed by atoms with Crippen LogP contribution in [0.15, 0.2) is 18.2 Å². The van der Waals surface area contributed by atoms with Crippen molar-refractivity contribution in [2.45, 2.75) is 38.5 Å². The van der Waals surface area contributed by atoms with E-state index in [1.165, 1.54) is 24.8 Å². The predicted molar refractivity (Wildman–Crippen MR) is 79.7 cm³/mol. The summed E-state index contributed by atoms with van der Waals surface area (Å²) in [5, 5.41) is 5.08. The Balaban J connectivity index is 2.24. The summed E-state index contributed by atoms with van der Waals surface area (Å²) in [7, 11) is 0. The van der Waals surface area contributed by atoms with E-state index in [0.717, 1.165) is 18.1 Å². The molecule has 2 unspecified atom stereocenters. The highest BCUT2D eigenvalue weighted by molar-refractivity contribution is 6.35. The summed E-state index contributed by atoms with van der Waals surface area (Å²) in [6.45, 7) is 6.60. The molecule has 1 aliphatic carbocycles. The lowest BCUT2D eigenvalue weighted by Crippen LogP contribution is -2.50. The fourth-order valence-corrected chi connectivity index (χ4v) is 3.52. The van der Waals surface area contributed by atoms with E-state index in [1.54, 1.807) is 0 Å². The topological polar surface area (TPSA) is 12.0 Å². The molecule has 2 atom stereocenters. The molecule has 1 aliphatic rings. The SMILES string of the molecule is CCCNCC1(c2ccc(Cl)cc2Cl)CCC1C. The van der Waals surface area contributed by atoms with Crippen molar-refractivity contribution in [1.82, 2.24) is 5.32 Å². The van der Waals surface area contributed by atoms with Crippen LogP contribution in [0.2, 0.25) is 10.0 Å². The summed E-state index contributed by atoms with van der Waals surface area (Å²) in [6, 6.07) is 5.92. The van der Waals surface area contributed by atoms with Crippen molar-refractivity contribution in [1.29, 1.82) is 0 Å². The summed E-state index contributed by atoms with van der Waals surface area (Å²) in [6.07, 6.45) is 3.66. The Bertz CT molecular complexity index is 419. The minimum Gasteiger partial charge on any atom is -0.316 e. The molecule has 0 spiro atoms. The van der Waals surface area contributed by atoms with Gasteiger partial charge in [0.25, 0.3) is 0 Å². The van der Waals surface area contributed by atoms with E-state index < -0.39 is 0 Å². The van der Waals surface area contributed by atoms with Gasteiger partial charge in [-0.3, -0.25) is 0 Å². The van der Waals surface area contributed by atoms with Crippen LogP contribution in [0.1, 0.15) is 38.7 Å². The number of halogens is 2. The fourth-order valence-electron chi connectivity index (χ4n) is 2.92. The van der Waals surface area contributed by atoms with E-state index in [-0.39, 0.29) is 5.41 Å². The maximum Gasteiger partial charge on any atom is 0.0459 e. The number of nitrogens with one attached hydrogen (secondary N) is 1. The highest BCUT2D eigenvalue weighted by Gasteiger charge is 2.45. The Kier molecular flexibility index (Phi) is 4.58. The zero-order valence-electron chi connectivity index (χ0n) is 11.1. The largest absolute Gasteiger partial charge is 0.316 e. The Morgan fingerprint density at radius 3 is 2.67 bits per heavy atom. The number of hydrogen-bond acceptors (Lipinski definition) is 1. The van der Waals surface area contributed by atoms with Crippen molar-refractivity contribution in [3.63, 3.8) is 0 Å². The van der Waals surface area contributed by atoms with Gasteiger partial charge in [0.2, 0.25) is 0 Å². The third-order valence-electron chi connectivity index (χ3n) is 4.30. The van der Waals surface area contributed by atoms with Crippen LogP contribution >= 0.6 is 23.2 Å². The third kappa shape index (κ3) is 2.54. The molecule has 0 aromatic heterocycles. The monoisotopic (exact) mass is 285 g/mol. The van der Waals surface area contributed by atoms with Crippen molar-refractivity contribution in [2.75, 3.05) is 13.1 Å². The van der Waals surface area contributed by atoms with E-state index in [0.29, 0.717) is 10.9 Å². The quantitative estimate of drug-likeness (QED) is 0.776. The number of rotatable bonds is 5. The first-order valence-corrected chi connectivity index (χ1v) is 7.52. The van der Waals surface area contributed by atoms with Gasteiger partial charge in [-0.2, -0.15) is 0 Å². The standard InChI is InChI=1S/C15H21Cl2N/c1-3-8-18-10-15(7-6-11(15)2)13-5-4-12(16)9-14(13)17/h4-5,9,11,18H,3,6-8,10H2,1-2H3. The first kappa shape index (κ1) is 14.2. The second kappa shape index (κ2) is 5.81. The molecule has 1 fully saturated rings. The molecular weight excluding hydrogens is 265 g/mol. The molecule has 1 N–H and O–H groups in total. The minimum atomic E-state index is 0.205. The van der Waals surface area contributed by atoms with Crippen molar-refractivity contribution in [2.24, 2.45) is 5.92 Å². The Morgan fingerprint density at radius 2 is 2.17 bits per heavy atom. The molecule has 0 amide bonds. The highest BCUT2D eigenvalue weighted by Crippen LogP contribution is 2.50. The average molecular weight is 286 g/mol. The first-order valence-electron chi connectivity index (χ1n) is 6.76.